The van der Waals surface area contributed by atoms with Gasteiger partial charge in [0.25, 0.3) is 0 Å². The van der Waals surface area contributed by atoms with Crippen LogP contribution in [0, 0.1) is 11.6 Å². The van der Waals surface area contributed by atoms with Crippen molar-refractivity contribution in [2.75, 3.05) is 0 Å². The van der Waals surface area contributed by atoms with Crippen LogP contribution in [0.3, 0.4) is 0 Å². The van der Waals surface area contributed by atoms with Gasteiger partial charge >= 0.3 is 0 Å². The molecule has 0 aliphatic heterocycles. The summed E-state index contributed by atoms with van der Waals surface area (Å²) in [7, 11) is 0. The highest BCUT2D eigenvalue weighted by Crippen LogP contribution is 2.20. The lowest BCUT2D eigenvalue weighted by Gasteiger charge is -2.00. The summed E-state index contributed by atoms with van der Waals surface area (Å²) in [4.78, 5) is 8.21. The van der Waals surface area contributed by atoms with Crippen LogP contribution in [-0.2, 0) is 6.54 Å². The third-order valence-electron chi connectivity index (χ3n) is 3.18. The Balaban J connectivity index is 1.68. The van der Waals surface area contributed by atoms with Gasteiger partial charge in [-0.3, -0.25) is 0 Å². The monoisotopic (exact) mass is 302 g/mol. The van der Waals surface area contributed by atoms with Crippen LogP contribution in [-0.4, -0.2) is 19.7 Å². The number of fused-ring (bicyclic) bond motifs is 1. The van der Waals surface area contributed by atoms with Crippen molar-refractivity contribution in [3.05, 3.63) is 54.4 Å². The van der Waals surface area contributed by atoms with Crippen molar-refractivity contribution >= 4 is 11.0 Å². The molecule has 8 heteroatoms. The van der Waals surface area contributed by atoms with Crippen LogP contribution in [0.5, 0.6) is 0 Å². The Morgan fingerprint density at radius 1 is 1.18 bits per heavy atom. The van der Waals surface area contributed by atoms with E-state index in [2.05, 4.69) is 15.1 Å². The summed E-state index contributed by atoms with van der Waals surface area (Å²) >= 11 is 0. The van der Waals surface area contributed by atoms with E-state index in [1.54, 1.807) is 16.7 Å². The van der Waals surface area contributed by atoms with Gasteiger partial charge in [-0.2, -0.15) is 4.98 Å². The van der Waals surface area contributed by atoms with E-state index in [1.165, 1.54) is 12.6 Å². The number of aromatic nitrogens is 4. The molecule has 0 bridgehead atoms. The fourth-order valence-electron chi connectivity index (χ4n) is 2.15. The topological polar surface area (TPSA) is 69.9 Å². The van der Waals surface area contributed by atoms with Crippen molar-refractivity contribution in [1.29, 1.82) is 0 Å². The van der Waals surface area contributed by atoms with E-state index < -0.39 is 11.6 Å². The Morgan fingerprint density at radius 3 is 2.86 bits per heavy atom. The molecule has 0 radical (unpaired) electrons. The number of rotatable bonds is 3. The largest absolute Gasteiger partial charge is 0.461 e. The maximum absolute atomic E-state index is 13.4. The molecular formula is C14H8F2N4O2. The average Bonchev–Trinajstić information content (AvgIpc) is 3.22. The van der Waals surface area contributed by atoms with Gasteiger partial charge in [0.15, 0.2) is 17.4 Å². The van der Waals surface area contributed by atoms with Crippen molar-refractivity contribution in [3.63, 3.8) is 0 Å². The van der Waals surface area contributed by atoms with Gasteiger partial charge in [0.1, 0.15) is 6.54 Å². The molecule has 6 nitrogen and oxygen atoms in total. The Bertz CT molecular complexity index is 943. The van der Waals surface area contributed by atoms with Crippen LogP contribution in [0.15, 0.2) is 45.8 Å². The summed E-state index contributed by atoms with van der Waals surface area (Å²) in [5, 5.41) is 3.80. The Morgan fingerprint density at radius 2 is 2.05 bits per heavy atom. The summed E-state index contributed by atoms with van der Waals surface area (Å²) < 4.78 is 38.4. The molecule has 3 aromatic heterocycles. The van der Waals surface area contributed by atoms with Crippen molar-refractivity contribution in [3.8, 4) is 11.6 Å². The lowest BCUT2D eigenvalue weighted by Crippen LogP contribution is -1.99. The molecule has 0 aliphatic rings. The first kappa shape index (κ1) is 12.7. The van der Waals surface area contributed by atoms with E-state index >= 15 is 0 Å². The smallest absolute Gasteiger partial charge is 0.247 e. The Labute approximate surface area is 122 Å². The van der Waals surface area contributed by atoms with Crippen molar-refractivity contribution < 1.29 is 17.7 Å². The second-order valence-corrected chi connectivity index (χ2v) is 4.62. The highest BCUT2D eigenvalue weighted by Gasteiger charge is 2.14. The zero-order valence-corrected chi connectivity index (χ0v) is 11.0. The van der Waals surface area contributed by atoms with E-state index in [4.69, 9.17) is 8.94 Å². The van der Waals surface area contributed by atoms with Gasteiger partial charge in [-0.1, -0.05) is 5.16 Å². The van der Waals surface area contributed by atoms with E-state index in [0.717, 1.165) is 12.1 Å². The number of imidazole rings is 1. The van der Waals surface area contributed by atoms with Gasteiger partial charge in [-0.05, 0) is 12.1 Å². The van der Waals surface area contributed by atoms with Crippen molar-refractivity contribution in [2.45, 2.75) is 6.54 Å². The van der Waals surface area contributed by atoms with Gasteiger partial charge in [-0.15, -0.1) is 0 Å². The quantitative estimate of drug-likeness (QED) is 0.582. The molecule has 0 saturated heterocycles. The van der Waals surface area contributed by atoms with E-state index in [1.807, 2.05) is 0 Å². The second-order valence-electron chi connectivity index (χ2n) is 4.62. The highest BCUT2D eigenvalue weighted by atomic mass is 19.2. The van der Waals surface area contributed by atoms with Gasteiger partial charge < -0.3 is 13.5 Å². The fraction of sp³-hybridized carbons (Fsp3) is 0.0714. The number of furan rings is 1. The first-order valence-electron chi connectivity index (χ1n) is 6.37. The molecule has 0 atom stereocenters. The number of nitrogens with zero attached hydrogens (tertiary/aromatic N) is 4. The van der Waals surface area contributed by atoms with Crippen LogP contribution >= 0.6 is 0 Å². The minimum atomic E-state index is -0.935. The van der Waals surface area contributed by atoms with Gasteiger partial charge in [0, 0.05) is 12.1 Å². The number of hydrogen-bond donors (Lipinski definition) is 0. The third kappa shape index (κ3) is 2.05. The summed E-state index contributed by atoms with van der Waals surface area (Å²) in [5.41, 5.74) is 0.793. The maximum atomic E-state index is 13.4. The third-order valence-corrected chi connectivity index (χ3v) is 3.18. The molecule has 3 heterocycles. The zero-order chi connectivity index (χ0) is 15.1. The lowest BCUT2D eigenvalue weighted by atomic mass is 10.3. The van der Waals surface area contributed by atoms with Crippen molar-refractivity contribution in [2.24, 2.45) is 0 Å². The minimum Gasteiger partial charge on any atom is -0.461 e. The molecule has 4 aromatic rings. The van der Waals surface area contributed by atoms with E-state index in [0.29, 0.717) is 28.5 Å². The maximum Gasteiger partial charge on any atom is 0.247 e. The summed E-state index contributed by atoms with van der Waals surface area (Å²) in [6.45, 7) is 0.190. The predicted molar refractivity (Wildman–Crippen MR) is 70.8 cm³/mol. The Hall–Kier alpha value is -3.03. The molecule has 0 spiro atoms. The molecule has 0 fully saturated rings. The molecule has 0 aliphatic carbocycles. The summed E-state index contributed by atoms with van der Waals surface area (Å²) in [6.07, 6.45) is 2.96. The van der Waals surface area contributed by atoms with Gasteiger partial charge in [-0.25, -0.2) is 13.8 Å². The number of benzene rings is 1. The second kappa shape index (κ2) is 4.76. The Kier molecular flexibility index (Phi) is 2.75. The number of halogens is 2. The molecule has 0 saturated carbocycles. The van der Waals surface area contributed by atoms with E-state index in [9.17, 15) is 8.78 Å². The first-order chi connectivity index (χ1) is 10.7. The van der Waals surface area contributed by atoms with Gasteiger partial charge in [0.05, 0.1) is 23.6 Å². The molecule has 110 valence electrons. The first-order valence-corrected chi connectivity index (χ1v) is 6.37. The molecule has 0 unspecified atom stereocenters. The van der Waals surface area contributed by atoms with Gasteiger partial charge in [0.2, 0.25) is 11.7 Å². The van der Waals surface area contributed by atoms with Crippen molar-refractivity contribution in [1.82, 2.24) is 19.7 Å². The number of hydrogen-bond acceptors (Lipinski definition) is 5. The molecule has 0 N–H and O–H groups in total. The normalized spacial score (nSPS) is 11.4. The van der Waals surface area contributed by atoms with Crippen LogP contribution < -0.4 is 0 Å². The molecule has 22 heavy (non-hydrogen) atoms. The SMILES string of the molecule is Fc1cc2ncn(Cc3nc(-c4ccco4)no3)c2cc1F. The molecule has 1 aromatic carbocycles. The highest BCUT2D eigenvalue weighted by molar-refractivity contribution is 5.75. The minimum absolute atomic E-state index is 0.190. The molecule has 0 amide bonds. The standard InChI is InChI=1S/C14H8F2N4O2/c15-8-4-10-11(5-9(8)16)20(7-17-10)6-13-18-14(19-22-13)12-2-1-3-21-12/h1-5,7H,6H2. The molecular weight excluding hydrogens is 294 g/mol. The predicted octanol–water partition coefficient (Wildman–Crippen LogP) is 3.01. The van der Waals surface area contributed by atoms with Crippen LogP contribution in [0.2, 0.25) is 0 Å². The van der Waals surface area contributed by atoms with E-state index in [-0.39, 0.29) is 6.54 Å². The van der Waals surface area contributed by atoms with Crippen LogP contribution in [0.1, 0.15) is 5.89 Å². The summed E-state index contributed by atoms with van der Waals surface area (Å²) in [6, 6.07) is 5.55. The summed E-state index contributed by atoms with van der Waals surface area (Å²) in [5.74, 6) is -0.762. The van der Waals surface area contributed by atoms with Crippen LogP contribution in [0.4, 0.5) is 8.78 Å². The lowest BCUT2D eigenvalue weighted by molar-refractivity contribution is 0.371. The fourth-order valence-corrected chi connectivity index (χ4v) is 2.15. The van der Waals surface area contributed by atoms with Crippen LogP contribution in [0.25, 0.3) is 22.6 Å². The average molecular weight is 302 g/mol. The molecule has 4 rings (SSSR count). The zero-order valence-electron chi connectivity index (χ0n) is 11.0.